The van der Waals surface area contributed by atoms with E-state index >= 15 is 0 Å². The number of carbonyl (C=O) groups excluding carboxylic acids is 1. The third kappa shape index (κ3) is 3.34. The summed E-state index contributed by atoms with van der Waals surface area (Å²) in [6, 6.07) is 4.69. The highest BCUT2D eigenvalue weighted by Gasteiger charge is 2.30. The van der Waals surface area contributed by atoms with Gasteiger partial charge in [-0.2, -0.15) is 0 Å². The number of likely N-dealkylation sites (tertiary alicyclic amines) is 1. The molecule has 1 heterocycles. The minimum Gasteiger partial charge on any atom is -0.393 e. The van der Waals surface area contributed by atoms with Gasteiger partial charge < -0.3 is 5.11 Å². The Morgan fingerprint density at radius 1 is 1.45 bits per heavy atom. The molecule has 0 bridgehead atoms. The van der Waals surface area contributed by atoms with E-state index in [0.29, 0.717) is 22.0 Å². The maximum absolute atomic E-state index is 12.5. The summed E-state index contributed by atoms with van der Waals surface area (Å²) in [6.07, 6.45) is 0.431. The SMILES string of the molecule is CC1CN(C(C)C(=O)c2ccc(Cl)cc2Cl)CCC1O. The molecule has 3 nitrogen and oxygen atoms in total. The summed E-state index contributed by atoms with van der Waals surface area (Å²) in [7, 11) is 0. The molecule has 0 aromatic heterocycles. The van der Waals surface area contributed by atoms with Crippen molar-refractivity contribution in [3.63, 3.8) is 0 Å². The molecule has 0 aliphatic carbocycles. The fraction of sp³-hybridized carbons (Fsp3) is 0.533. The van der Waals surface area contributed by atoms with E-state index < -0.39 is 0 Å². The molecule has 0 saturated carbocycles. The zero-order chi connectivity index (χ0) is 14.9. The van der Waals surface area contributed by atoms with Crippen molar-refractivity contribution in [1.82, 2.24) is 4.90 Å². The second-order valence-electron chi connectivity index (χ2n) is 5.49. The molecule has 1 fully saturated rings. The average molecular weight is 316 g/mol. The number of ketones is 1. The van der Waals surface area contributed by atoms with Crippen LogP contribution in [0.4, 0.5) is 0 Å². The first kappa shape index (κ1) is 15.8. The van der Waals surface area contributed by atoms with Gasteiger partial charge in [0.25, 0.3) is 0 Å². The smallest absolute Gasteiger partial charge is 0.181 e. The van der Waals surface area contributed by atoms with Gasteiger partial charge in [-0.05, 0) is 37.5 Å². The first-order valence-electron chi connectivity index (χ1n) is 6.81. The highest BCUT2D eigenvalue weighted by Crippen LogP contribution is 2.25. The molecule has 0 spiro atoms. The minimum absolute atomic E-state index is 0.00439. The van der Waals surface area contributed by atoms with Gasteiger partial charge in [-0.3, -0.25) is 9.69 Å². The number of hydrogen-bond acceptors (Lipinski definition) is 3. The van der Waals surface area contributed by atoms with E-state index in [0.717, 1.165) is 13.1 Å². The topological polar surface area (TPSA) is 40.5 Å². The van der Waals surface area contributed by atoms with Gasteiger partial charge in [0.2, 0.25) is 0 Å². The number of hydrogen-bond donors (Lipinski definition) is 1. The van der Waals surface area contributed by atoms with Crippen LogP contribution in [0.15, 0.2) is 18.2 Å². The standard InChI is InChI=1S/C15H19Cl2NO2/c1-9-8-18(6-5-14(9)19)10(2)15(20)12-4-3-11(16)7-13(12)17/h3-4,7,9-10,14,19H,5-6,8H2,1-2H3. The number of halogens is 2. The minimum atomic E-state index is -0.271. The van der Waals surface area contributed by atoms with Crippen molar-refractivity contribution < 1.29 is 9.90 Å². The van der Waals surface area contributed by atoms with Crippen LogP contribution in [-0.2, 0) is 0 Å². The molecule has 20 heavy (non-hydrogen) atoms. The second-order valence-corrected chi connectivity index (χ2v) is 6.34. The number of nitrogens with zero attached hydrogens (tertiary/aromatic N) is 1. The normalized spacial score (nSPS) is 25.4. The van der Waals surface area contributed by atoms with Crippen molar-refractivity contribution in [1.29, 1.82) is 0 Å². The molecule has 1 aromatic carbocycles. The summed E-state index contributed by atoms with van der Waals surface area (Å²) in [5.74, 6) is 0.176. The highest BCUT2D eigenvalue weighted by molar-refractivity contribution is 6.37. The quantitative estimate of drug-likeness (QED) is 0.870. The third-order valence-corrected chi connectivity index (χ3v) is 4.56. The van der Waals surface area contributed by atoms with Crippen molar-refractivity contribution in [3.05, 3.63) is 33.8 Å². The highest BCUT2D eigenvalue weighted by atomic mass is 35.5. The van der Waals surface area contributed by atoms with Crippen molar-refractivity contribution in [2.75, 3.05) is 13.1 Å². The van der Waals surface area contributed by atoms with E-state index in [1.54, 1.807) is 18.2 Å². The Kier molecular flexibility index (Phi) is 5.08. The Hall–Kier alpha value is -0.610. The molecule has 3 atom stereocenters. The summed E-state index contributed by atoms with van der Waals surface area (Å²) in [4.78, 5) is 14.6. The lowest BCUT2D eigenvalue weighted by Gasteiger charge is -2.37. The number of Topliss-reactive ketones (excluding diaryl/α,β-unsaturated/α-hetero) is 1. The third-order valence-electron chi connectivity index (χ3n) is 4.02. The fourth-order valence-electron chi connectivity index (χ4n) is 2.60. The van der Waals surface area contributed by atoms with E-state index in [-0.39, 0.29) is 23.8 Å². The Morgan fingerprint density at radius 2 is 2.15 bits per heavy atom. The van der Waals surface area contributed by atoms with E-state index in [2.05, 4.69) is 4.90 Å². The lowest BCUT2D eigenvalue weighted by Crippen LogP contribution is -2.48. The number of carbonyl (C=O) groups is 1. The summed E-state index contributed by atoms with van der Waals surface area (Å²) in [6.45, 7) is 5.34. The fourth-order valence-corrected chi connectivity index (χ4v) is 3.10. The van der Waals surface area contributed by atoms with E-state index in [1.165, 1.54) is 0 Å². The van der Waals surface area contributed by atoms with Gasteiger partial charge in [-0.1, -0.05) is 30.1 Å². The van der Waals surface area contributed by atoms with Gasteiger partial charge in [0.1, 0.15) is 0 Å². The molecule has 110 valence electrons. The van der Waals surface area contributed by atoms with Gasteiger partial charge in [0.15, 0.2) is 5.78 Å². The lowest BCUT2D eigenvalue weighted by molar-refractivity contribution is 0.0205. The summed E-state index contributed by atoms with van der Waals surface area (Å²) in [5.41, 5.74) is 0.502. The predicted octanol–water partition coefficient (Wildman–Crippen LogP) is 3.27. The Balaban J connectivity index is 2.12. The molecule has 1 aliphatic heterocycles. The van der Waals surface area contributed by atoms with Crippen LogP contribution >= 0.6 is 23.2 Å². The monoisotopic (exact) mass is 315 g/mol. The number of aliphatic hydroxyl groups is 1. The number of piperidine rings is 1. The Labute approximate surface area is 129 Å². The van der Waals surface area contributed by atoms with Gasteiger partial charge in [0.05, 0.1) is 17.2 Å². The zero-order valence-electron chi connectivity index (χ0n) is 11.6. The number of benzene rings is 1. The van der Waals surface area contributed by atoms with E-state index in [9.17, 15) is 9.90 Å². The summed E-state index contributed by atoms with van der Waals surface area (Å²) in [5, 5.41) is 10.7. The molecular formula is C15H19Cl2NO2. The van der Waals surface area contributed by atoms with Crippen LogP contribution in [0.5, 0.6) is 0 Å². The van der Waals surface area contributed by atoms with Crippen LogP contribution < -0.4 is 0 Å². The first-order valence-corrected chi connectivity index (χ1v) is 7.57. The largest absolute Gasteiger partial charge is 0.393 e. The average Bonchev–Trinajstić information content (AvgIpc) is 2.40. The molecule has 1 saturated heterocycles. The molecule has 3 unspecified atom stereocenters. The van der Waals surface area contributed by atoms with Crippen LogP contribution in [0.2, 0.25) is 10.0 Å². The summed E-state index contributed by atoms with van der Waals surface area (Å²) >= 11 is 11.9. The summed E-state index contributed by atoms with van der Waals surface area (Å²) < 4.78 is 0. The van der Waals surface area contributed by atoms with Crippen molar-refractivity contribution >= 4 is 29.0 Å². The number of aliphatic hydroxyl groups excluding tert-OH is 1. The van der Waals surface area contributed by atoms with E-state index in [4.69, 9.17) is 23.2 Å². The van der Waals surface area contributed by atoms with Crippen molar-refractivity contribution in [3.8, 4) is 0 Å². The Bertz CT molecular complexity index is 507. The molecule has 1 aliphatic rings. The van der Waals surface area contributed by atoms with Gasteiger partial charge in [-0.25, -0.2) is 0 Å². The van der Waals surface area contributed by atoms with Crippen molar-refractivity contribution in [2.45, 2.75) is 32.4 Å². The molecule has 1 aromatic rings. The van der Waals surface area contributed by atoms with Crippen LogP contribution in [0.3, 0.4) is 0 Å². The van der Waals surface area contributed by atoms with Crippen LogP contribution in [0.25, 0.3) is 0 Å². The van der Waals surface area contributed by atoms with Gasteiger partial charge in [0, 0.05) is 23.7 Å². The lowest BCUT2D eigenvalue weighted by atomic mass is 9.94. The maximum Gasteiger partial charge on any atom is 0.181 e. The van der Waals surface area contributed by atoms with Crippen molar-refractivity contribution in [2.24, 2.45) is 5.92 Å². The number of rotatable bonds is 3. The maximum atomic E-state index is 12.5. The van der Waals surface area contributed by atoms with E-state index in [1.807, 2.05) is 13.8 Å². The molecule has 1 N–H and O–H groups in total. The molecule has 2 rings (SSSR count). The van der Waals surface area contributed by atoms with Crippen LogP contribution in [-0.4, -0.2) is 41.0 Å². The first-order chi connectivity index (χ1) is 9.40. The Morgan fingerprint density at radius 3 is 2.75 bits per heavy atom. The second kappa shape index (κ2) is 6.44. The van der Waals surface area contributed by atoms with Crippen LogP contribution in [0, 0.1) is 5.92 Å². The van der Waals surface area contributed by atoms with Gasteiger partial charge in [-0.15, -0.1) is 0 Å². The van der Waals surface area contributed by atoms with Crippen LogP contribution in [0.1, 0.15) is 30.6 Å². The molecular weight excluding hydrogens is 297 g/mol. The molecule has 0 amide bonds. The zero-order valence-corrected chi connectivity index (χ0v) is 13.2. The van der Waals surface area contributed by atoms with Gasteiger partial charge >= 0.3 is 0 Å². The predicted molar refractivity (Wildman–Crippen MR) is 81.6 cm³/mol. The molecule has 0 radical (unpaired) electrons. The molecule has 5 heteroatoms.